The lowest BCUT2D eigenvalue weighted by Crippen LogP contribution is -2.11. The van der Waals surface area contributed by atoms with Crippen molar-refractivity contribution >= 4 is 10.9 Å². The standard InChI is InChI=1S/C11H14N2O/c1-12-6-5-10-4-3-9(7-11(10)12)8-13(2)14/h3-7,14H,8H2,1-2H3. The van der Waals surface area contributed by atoms with Crippen molar-refractivity contribution in [1.29, 1.82) is 0 Å². The summed E-state index contributed by atoms with van der Waals surface area (Å²) >= 11 is 0. The van der Waals surface area contributed by atoms with E-state index in [2.05, 4.69) is 22.8 Å². The molecule has 2 rings (SSSR count). The van der Waals surface area contributed by atoms with Gasteiger partial charge >= 0.3 is 0 Å². The van der Waals surface area contributed by atoms with E-state index in [0.29, 0.717) is 6.54 Å². The summed E-state index contributed by atoms with van der Waals surface area (Å²) in [5, 5.41) is 11.5. The second-order valence-corrected chi connectivity index (χ2v) is 3.64. The zero-order valence-electron chi connectivity index (χ0n) is 8.44. The van der Waals surface area contributed by atoms with Crippen LogP contribution in [0.25, 0.3) is 10.9 Å². The van der Waals surface area contributed by atoms with Gasteiger partial charge in [-0.3, -0.25) is 0 Å². The molecule has 1 heterocycles. The van der Waals surface area contributed by atoms with E-state index < -0.39 is 0 Å². The number of fused-ring (bicyclic) bond motifs is 1. The van der Waals surface area contributed by atoms with E-state index in [4.69, 9.17) is 5.21 Å². The van der Waals surface area contributed by atoms with Crippen LogP contribution in [0.15, 0.2) is 30.5 Å². The molecule has 1 aromatic heterocycles. The Labute approximate surface area is 83.1 Å². The molecule has 0 saturated carbocycles. The molecule has 0 aliphatic heterocycles. The van der Waals surface area contributed by atoms with Gasteiger partial charge in [-0.1, -0.05) is 12.1 Å². The SMILES string of the molecule is CN(O)Cc1ccc2ccn(C)c2c1. The summed E-state index contributed by atoms with van der Waals surface area (Å²) in [5.74, 6) is 0. The van der Waals surface area contributed by atoms with Crippen molar-refractivity contribution in [3.8, 4) is 0 Å². The third kappa shape index (κ3) is 1.64. The van der Waals surface area contributed by atoms with Gasteiger partial charge in [0.15, 0.2) is 0 Å². The second kappa shape index (κ2) is 3.44. The predicted molar refractivity (Wildman–Crippen MR) is 56.2 cm³/mol. The molecule has 3 nitrogen and oxygen atoms in total. The highest BCUT2D eigenvalue weighted by Gasteiger charge is 2.01. The van der Waals surface area contributed by atoms with Crippen LogP contribution in [0.2, 0.25) is 0 Å². The maximum Gasteiger partial charge on any atom is 0.0486 e. The van der Waals surface area contributed by atoms with Gasteiger partial charge in [0.25, 0.3) is 0 Å². The van der Waals surface area contributed by atoms with Crippen LogP contribution in [0, 0.1) is 0 Å². The maximum absolute atomic E-state index is 9.12. The molecule has 0 aliphatic carbocycles. The van der Waals surface area contributed by atoms with Crippen LogP contribution >= 0.6 is 0 Å². The molecular formula is C11H14N2O. The van der Waals surface area contributed by atoms with Gasteiger partial charge < -0.3 is 9.77 Å². The Morgan fingerprint density at radius 2 is 2.14 bits per heavy atom. The van der Waals surface area contributed by atoms with Gasteiger partial charge in [0.05, 0.1) is 0 Å². The fourth-order valence-corrected chi connectivity index (χ4v) is 1.67. The average Bonchev–Trinajstić information content (AvgIpc) is 2.47. The normalized spacial score (nSPS) is 11.4. The summed E-state index contributed by atoms with van der Waals surface area (Å²) in [7, 11) is 3.67. The number of aromatic nitrogens is 1. The molecule has 1 N–H and O–H groups in total. The molecule has 0 atom stereocenters. The Kier molecular flexibility index (Phi) is 2.27. The Morgan fingerprint density at radius 3 is 2.86 bits per heavy atom. The van der Waals surface area contributed by atoms with Crippen LogP contribution < -0.4 is 0 Å². The quantitative estimate of drug-likeness (QED) is 0.734. The Balaban J connectivity index is 2.44. The zero-order chi connectivity index (χ0) is 10.1. The van der Waals surface area contributed by atoms with Gasteiger partial charge in [-0.15, -0.1) is 0 Å². The van der Waals surface area contributed by atoms with Gasteiger partial charge in [-0.25, -0.2) is 0 Å². The molecule has 14 heavy (non-hydrogen) atoms. The molecule has 1 aromatic carbocycles. The Morgan fingerprint density at radius 1 is 1.36 bits per heavy atom. The van der Waals surface area contributed by atoms with Crippen LogP contribution in [0.4, 0.5) is 0 Å². The number of benzene rings is 1. The molecule has 0 aliphatic rings. The molecule has 0 bridgehead atoms. The monoisotopic (exact) mass is 190 g/mol. The van der Waals surface area contributed by atoms with Crippen LogP contribution in [0.5, 0.6) is 0 Å². The molecular weight excluding hydrogens is 176 g/mol. The molecule has 0 fully saturated rings. The summed E-state index contributed by atoms with van der Waals surface area (Å²) < 4.78 is 2.08. The van der Waals surface area contributed by atoms with E-state index in [1.165, 1.54) is 16.0 Å². The van der Waals surface area contributed by atoms with Crippen molar-refractivity contribution < 1.29 is 5.21 Å². The van der Waals surface area contributed by atoms with Gasteiger partial charge in [-0.05, 0) is 23.1 Å². The number of nitrogens with zero attached hydrogens (tertiary/aromatic N) is 2. The highest BCUT2D eigenvalue weighted by Crippen LogP contribution is 2.17. The maximum atomic E-state index is 9.12. The topological polar surface area (TPSA) is 28.4 Å². The van der Waals surface area contributed by atoms with Gasteiger partial charge in [0, 0.05) is 32.4 Å². The molecule has 0 radical (unpaired) electrons. The average molecular weight is 190 g/mol. The summed E-state index contributed by atoms with van der Waals surface area (Å²) in [4.78, 5) is 0. The van der Waals surface area contributed by atoms with Crippen LogP contribution in [-0.4, -0.2) is 21.9 Å². The number of hydroxylamine groups is 2. The first-order valence-electron chi connectivity index (χ1n) is 4.61. The van der Waals surface area contributed by atoms with Crippen molar-refractivity contribution in [2.24, 2.45) is 7.05 Å². The largest absolute Gasteiger partial charge is 0.351 e. The van der Waals surface area contributed by atoms with E-state index in [1.54, 1.807) is 7.05 Å². The molecule has 0 saturated heterocycles. The first kappa shape index (κ1) is 9.24. The van der Waals surface area contributed by atoms with E-state index in [-0.39, 0.29) is 0 Å². The minimum atomic E-state index is 0.557. The van der Waals surface area contributed by atoms with Crippen molar-refractivity contribution in [3.05, 3.63) is 36.0 Å². The van der Waals surface area contributed by atoms with Crippen LogP contribution in [0.1, 0.15) is 5.56 Å². The summed E-state index contributed by atoms with van der Waals surface area (Å²) in [6.07, 6.45) is 2.04. The third-order valence-corrected chi connectivity index (χ3v) is 2.36. The lowest BCUT2D eigenvalue weighted by molar-refractivity contribution is -0.0731. The van der Waals surface area contributed by atoms with Crippen molar-refractivity contribution in [2.75, 3.05) is 7.05 Å². The first-order chi connectivity index (χ1) is 6.66. The van der Waals surface area contributed by atoms with Crippen molar-refractivity contribution in [3.63, 3.8) is 0 Å². The highest BCUT2D eigenvalue weighted by atomic mass is 16.5. The van der Waals surface area contributed by atoms with E-state index in [9.17, 15) is 0 Å². The number of hydrogen-bond donors (Lipinski definition) is 1. The number of aryl methyl sites for hydroxylation is 1. The fraction of sp³-hybridized carbons (Fsp3) is 0.273. The summed E-state index contributed by atoms with van der Waals surface area (Å²) in [5.41, 5.74) is 2.31. The third-order valence-electron chi connectivity index (χ3n) is 2.36. The van der Waals surface area contributed by atoms with Crippen LogP contribution in [0.3, 0.4) is 0 Å². The highest BCUT2D eigenvalue weighted by molar-refractivity contribution is 5.80. The Hall–Kier alpha value is -1.32. The summed E-state index contributed by atoms with van der Waals surface area (Å²) in [6, 6.07) is 8.30. The van der Waals surface area contributed by atoms with Crippen molar-refractivity contribution in [2.45, 2.75) is 6.54 Å². The molecule has 3 heteroatoms. The molecule has 74 valence electrons. The van der Waals surface area contributed by atoms with Crippen LogP contribution in [-0.2, 0) is 13.6 Å². The predicted octanol–water partition coefficient (Wildman–Crippen LogP) is 2.00. The molecule has 0 unspecified atom stereocenters. The van der Waals surface area contributed by atoms with E-state index >= 15 is 0 Å². The van der Waals surface area contributed by atoms with Gasteiger partial charge in [-0.2, -0.15) is 5.06 Å². The fourth-order valence-electron chi connectivity index (χ4n) is 1.67. The van der Waals surface area contributed by atoms with Gasteiger partial charge in [0.1, 0.15) is 0 Å². The minimum absolute atomic E-state index is 0.557. The number of rotatable bonds is 2. The molecule has 0 spiro atoms. The second-order valence-electron chi connectivity index (χ2n) is 3.64. The Bertz CT molecular complexity index is 445. The molecule has 0 amide bonds. The smallest absolute Gasteiger partial charge is 0.0486 e. The van der Waals surface area contributed by atoms with Crippen molar-refractivity contribution in [1.82, 2.24) is 9.63 Å². The van der Waals surface area contributed by atoms with Gasteiger partial charge in [0.2, 0.25) is 0 Å². The van der Waals surface area contributed by atoms with E-state index in [0.717, 1.165) is 5.56 Å². The minimum Gasteiger partial charge on any atom is -0.351 e. The first-order valence-corrected chi connectivity index (χ1v) is 4.61. The lowest BCUT2D eigenvalue weighted by atomic mass is 10.1. The lowest BCUT2D eigenvalue weighted by Gasteiger charge is -2.08. The zero-order valence-corrected chi connectivity index (χ0v) is 8.44. The number of hydrogen-bond acceptors (Lipinski definition) is 2. The molecule has 2 aromatic rings. The van der Waals surface area contributed by atoms with E-state index in [1.807, 2.05) is 19.3 Å². The summed E-state index contributed by atoms with van der Waals surface area (Å²) in [6.45, 7) is 0.557.